The Morgan fingerprint density at radius 2 is 0.787 bits per heavy atom. The summed E-state index contributed by atoms with van der Waals surface area (Å²) in [6, 6.07) is 59.3. The predicted octanol–water partition coefficient (Wildman–Crippen LogP) is 10.8. The van der Waals surface area contributed by atoms with Gasteiger partial charge in [0.1, 0.15) is 0 Å². The van der Waals surface area contributed by atoms with Gasteiger partial charge >= 0.3 is 0 Å². The van der Waals surface area contributed by atoms with Crippen LogP contribution in [0.5, 0.6) is 0 Å². The number of rotatable bonds is 5. The van der Waals surface area contributed by atoms with E-state index in [4.69, 9.17) is 15.0 Å². The Morgan fingerprint density at radius 3 is 1.43 bits per heavy atom. The summed E-state index contributed by atoms with van der Waals surface area (Å²) in [5.41, 5.74) is 8.62. The first kappa shape index (κ1) is 27.0. The summed E-state index contributed by atoms with van der Waals surface area (Å²) < 4.78 is 2.32. The van der Waals surface area contributed by atoms with Crippen LogP contribution in [0.2, 0.25) is 0 Å². The smallest absolute Gasteiger partial charge is 0.164 e. The van der Waals surface area contributed by atoms with Gasteiger partial charge in [-0.3, -0.25) is 0 Å². The Bertz CT molecular complexity index is 2520. The lowest BCUT2D eigenvalue weighted by atomic mass is 10.00. The van der Waals surface area contributed by atoms with Gasteiger partial charge in [0, 0.05) is 33.2 Å². The lowest BCUT2D eigenvalue weighted by molar-refractivity contribution is 1.07. The summed E-state index contributed by atoms with van der Waals surface area (Å²) in [5, 5.41) is 4.77. The second kappa shape index (κ2) is 11.2. The van der Waals surface area contributed by atoms with Gasteiger partial charge in [-0.2, -0.15) is 0 Å². The molecule has 220 valence electrons. The van der Waals surface area contributed by atoms with E-state index in [1.807, 2.05) is 36.4 Å². The fourth-order valence-corrected chi connectivity index (χ4v) is 6.53. The lowest BCUT2D eigenvalue weighted by Crippen LogP contribution is -2.01. The lowest BCUT2D eigenvalue weighted by Gasteiger charge is -2.12. The van der Waals surface area contributed by atoms with E-state index in [9.17, 15) is 0 Å². The van der Waals surface area contributed by atoms with Crippen LogP contribution in [-0.2, 0) is 0 Å². The third-order valence-corrected chi connectivity index (χ3v) is 8.82. The Hall–Kier alpha value is -6.39. The fraction of sp³-hybridized carbons (Fsp3) is 0. The Balaban J connectivity index is 1.19. The van der Waals surface area contributed by atoms with Crippen LogP contribution in [0, 0.1) is 0 Å². The topological polar surface area (TPSA) is 43.6 Å². The first-order chi connectivity index (χ1) is 23.3. The molecule has 0 N–H and O–H groups in total. The van der Waals surface area contributed by atoms with E-state index >= 15 is 0 Å². The zero-order chi connectivity index (χ0) is 31.2. The van der Waals surface area contributed by atoms with Crippen LogP contribution in [0.3, 0.4) is 0 Å². The van der Waals surface area contributed by atoms with Crippen LogP contribution in [0.4, 0.5) is 0 Å². The zero-order valence-electron chi connectivity index (χ0n) is 25.5. The van der Waals surface area contributed by atoms with Gasteiger partial charge in [-0.1, -0.05) is 133 Å². The second-order valence-corrected chi connectivity index (χ2v) is 11.7. The molecule has 4 nitrogen and oxygen atoms in total. The minimum Gasteiger partial charge on any atom is -0.309 e. The van der Waals surface area contributed by atoms with Crippen molar-refractivity contribution in [2.24, 2.45) is 0 Å². The molecule has 0 amide bonds. The van der Waals surface area contributed by atoms with Crippen LogP contribution in [0.15, 0.2) is 170 Å². The molecule has 0 radical (unpaired) electrons. The van der Waals surface area contributed by atoms with Crippen molar-refractivity contribution in [3.8, 4) is 51.0 Å². The number of nitrogens with zero attached hydrogens (tertiary/aromatic N) is 4. The normalized spacial score (nSPS) is 11.4. The van der Waals surface area contributed by atoms with Crippen LogP contribution in [-0.4, -0.2) is 19.5 Å². The molecule has 0 aliphatic rings. The van der Waals surface area contributed by atoms with E-state index in [2.05, 4.69) is 138 Å². The standard InChI is InChI=1S/C43H28N4/c1-3-12-29(13-4-1)31-22-23-33-27-35(25-24-32(33)26-31)43-45-41(30-14-5-2-6-15-30)44-42(46-43)34-16-11-17-36(28-34)47-39-20-9-7-18-37(39)38-19-8-10-21-40(38)47/h1-28H. The largest absolute Gasteiger partial charge is 0.309 e. The molecule has 2 aromatic heterocycles. The van der Waals surface area contributed by atoms with Gasteiger partial charge in [0.05, 0.1) is 11.0 Å². The minimum atomic E-state index is 0.635. The van der Waals surface area contributed by atoms with E-state index < -0.39 is 0 Å². The highest BCUT2D eigenvalue weighted by Gasteiger charge is 2.16. The van der Waals surface area contributed by atoms with E-state index in [0.717, 1.165) is 27.8 Å². The second-order valence-electron chi connectivity index (χ2n) is 11.7. The van der Waals surface area contributed by atoms with Crippen molar-refractivity contribution in [3.05, 3.63) is 170 Å². The minimum absolute atomic E-state index is 0.635. The maximum Gasteiger partial charge on any atom is 0.164 e. The zero-order valence-corrected chi connectivity index (χ0v) is 25.5. The highest BCUT2D eigenvalue weighted by atomic mass is 15.0. The average molecular weight is 601 g/mol. The highest BCUT2D eigenvalue weighted by molar-refractivity contribution is 6.09. The Kier molecular flexibility index (Phi) is 6.43. The third kappa shape index (κ3) is 4.84. The van der Waals surface area contributed by atoms with Gasteiger partial charge in [0.2, 0.25) is 0 Å². The number of fused-ring (bicyclic) bond motifs is 4. The summed E-state index contributed by atoms with van der Waals surface area (Å²) in [7, 11) is 0. The molecule has 0 spiro atoms. The molecule has 2 heterocycles. The quantitative estimate of drug-likeness (QED) is 0.197. The summed E-state index contributed by atoms with van der Waals surface area (Å²) >= 11 is 0. The first-order valence-corrected chi connectivity index (χ1v) is 15.8. The highest BCUT2D eigenvalue weighted by Crippen LogP contribution is 2.34. The van der Waals surface area contributed by atoms with Crippen molar-refractivity contribution in [2.75, 3.05) is 0 Å². The number of aromatic nitrogens is 4. The monoisotopic (exact) mass is 600 g/mol. The van der Waals surface area contributed by atoms with Crippen molar-refractivity contribution >= 4 is 32.6 Å². The maximum atomic E-state index is 5.09. The van der Waals surface area contributed by atoms with Gasteiger partial charge in [-0.05, 0) is 58.3 Å². The van der Waals surface area contributed by atoms with E-state index in [0.29, 0.717) is 17.5 Å². The Morgan fingerprint density at radius 1 is 0.319 bits per heavy atom. The van der Waals surface area contributed by atoms with Crippen LogP contribution < -0.4 is 0 Å². The van der Waals surface area contributed by atoms with Crippen molar-refractivity contribution in [2.45, 2.75) is 0 Å². The summed E-state index contributed by atoms with van der Waals surface area (Å²) in [5.74, 6) is 1.92. The van der Waals surface area contributed by atoms with Gasteiger partial charge in [-0.25, -0.2) is 15.0 Å². The van der Waals surface area contributed by atoms with E-state index in [1.54, 1.807) is 0 Å². The van der Waals surface area contributed by atoms with Crippen molar-refractivity contribution < 1.29 is 0 Å². The molecule has 9 aromatic rings. The number of hydrogen-bond acceptors (Lipinski definition) is 3. The summed E-state index contributed by atoms with van der Waals surface area (Å²) in [6.45, 7) is 0. The molecule has 7 aromatic carbocycles. The molecule has 0 saturated heterocycles. The van der Waals surface area contributed by atoms with E-state index in [-0.39, 0.29) is 0 Å². The Labute approximate surface area is 272 Å². The van der Waals surface area contributed by atoms with Crippen LogP contribution >= 0.6 is 0 Å². The number of para-hydroxylation sites is 2. The summed E-state index contributed by atoms with van der Waals surface area (Å²) in [4.78, 5) is 15.1. The average Bonchev–Trinajstić information content (AvgIpc) is 3.49. The van der Waals surface area contributed by atoms with Gasteiger partial charge in [0.15, 0.2) is 17.5 Å². The molecular formula is C43H28N4. The molecule has 9 rings (SSSR count). The SMILES string of the molecule is c1ccc(-c2ccc3cc(-c4nc(-c5ccccc5)nc(-c5cccc(-n6c7ccccc7c7ccccc76)c5)n4)ccc3c2)cc1. The molecular weight excluding hydrogens is 573 g/mol. The molecule has 0 aliphatic heterocycles. The number of hydrogen-bond donors (Lipinski definition) is 0. The maximum absolute atomic E-state index is 5.09. The van der Waals surface area contributed by atoms with Gasteiger partial charge in [-0.15, -0.1) is 0 Å². The third-order valence-electron chi connectivity index (χ3n) is 8.82. The van der Waals surface area contributed by atoms with Crippen LogP contribution in [0.25, 0.3) is 83.6 Å². The number of benzene rings is 7. The van der Waals surface area contributed by atoms with Gasteiger partial charge in [0.25, 0.3) is 0 Å². The van der Waals surface area contributed by atoms with Crippen molar-refractivity contribution in [3.63, 3.8) is 0 Å². The fourth-order valence-electron chi connectivity index (χ4n) is 6.53. The van der Waals surface area contributed by atoms with Crippen LogP contribution in [0.1, 0.15) is 0 Å². The molecule has 4 heteroatoms. The molecule has 0 unspecified atom stereocenters. The first-order valence-electron chi connectivity index (χ1n) is 15.8. The molecule has 0 atom stereocenters. The molecule has 0 bridgehead atoms. The predicted molar refractivity (Wildman–Crippen MR) is 193 cm³/mol. The molecule has 0 saturated carbocycles. The van der Waals surface area contributed by atoms with Crippen molar-refractivity contribution in [1.82, 2.24) is 19.5 Å². The summed E-state index contributed by atoms with van der Waals surface area (Å²) in [6.07, 6.45) is 0. The van der Waals surface area contributed by atoms with Crippen molar-refractivity contribution in [1.29, 1.82) is 0 Å². The molecule has 47 heavy (non-hydrogen) atoms. The van der Waals surface area contributed by atoms with Gasteiger partial charge < -0.3 is 4.57 Å². The molecule has 0 aliphatic carbocycles. The van der Waals surface area contributed by atoms with E-state index in [1.165, 1.54) is 38.3 Å². The molecule has 0 fully saturated rings.